The lowest BCUT2D eigenvalue weighted by molar-refractivity contribution is 0.0999. The molecule has 7 heteroatoms. The van der Waals surface area contributed by atoms with E-state index < -0.39 is 5.91 Å². The minimum absolute atomic E-state index is 0.0543. The third-order valence-electron chi connectivity index (χ3n) is 4.15. The van der Waals surface area contributed by atoms with Crippen molar-refractivity contribution < 1.29 is 4.79 Å². The predicted octanol–water partition coefficient (Wildman–Crippen LogP) is 1.71. The number of anilines is 1. The summed E-state index contributed by atoms with van der Waals surface area (Å²) in [6, 6.07) is 2.03. The van der Waals surface area contributed by atoms with E-state index in [4.69, 9.17) is 5.73 Å². The van der Waals surface area contributed by atoms with E-state index in [-0.39, 0.29) is 6.04 Å². The average molecular weight is 312 g/mol. The lowest BCUT2D eigenvalue weighted by Crippen LogP contribution is -2.35. The van der Waals surface area contributed by atoms with Gasteiger partial charge in [0.2, 0.25) is 0 Å². The van der Waals surface area contributed by atoms with Gasteiger partial charge in [0.1, 0.15) is 12.1 Å². The van der Waals surface area contributed by atoms with Crippen molar-refractivity contribution in [3.8, 4) is 0 Å². The molecule has 3 heterocycles. The Hall–Kier alpha value is -2.57. The molecule has 1 fully saturated rings. The monoisotopic (exact) mass is 312 g/mol. The Morgan fingerprint density at radius 1 is 1.26 bits per heavy atom. The fourth-order valence-electron chi connectivity index (χ4n) is 2.96. The second kappa shape index (κ2) is 6.28. The Bertz CT molecular complexity index is 732. The summed E-state index contributed by atoms with van der Waals surface area (Å²) in [5.74, 6) is 1.10. The smallest absolute Gasteiger partial charge is 0.252 e. The molecule has 1 aliphatic heterocycles. The van der Waals surface area contributed by atoms with Crippen LogP contribution in [0.4, 0.5) is 5.82 Å². The highest BCUT2D eigenvalue weighted by atomic mass is 16.1. The number of hydrogen-bond acceptors (Lipinski definition) is 6. The highest BCUT2D eigenvalue weighted by Gasteiger charge is 2.28. The summed E-state index contributed by atoms with van der Waals surface area (Å²) >= 11 is 0. The number of aryl methyl sites for hydroxylation is 2. The molecule has 2 aromatic heterocycles. The van der Waals surface area contributed by atoms with Gasteiger partial charge < -0.3 is 10.6 Å². The van der Waals surface area contributed by atoms with Crippen molar-refractivity contribution >= 4 is 11.7 Å². The summed E-state index contributed by atoms with van der Waals surface area (Å²) in [5.41, 5.74) is 7.25. The average Bonchev–Trinajstić information content (AvgIpc) is 2.54. The zero-order valence-corrected chi connectivity index (χ0v) is 13.4. The van der Waals surface area contributed by atoms with Crippen LogP contribution in [0.5, 0.6) is 0 Å². The molecular formula is C16H20N6O. The maximum atomic E-state index is 11.3. The van der Waals surface area contributed by atoms with Gasteiger partial charge in [-0.05, 0) is 33.1 Å². The molecular weight excluding hydrogens is 292 g/mol. The zero-order chi connectivity index (χ0) is 16.4. The number of primary amides is 1. The molecule has 0 aromatic carbocycles. The quantitative estimate of drug-likeness (QED) is 0.926. The first-order chi connectivity index (χ1) is 11.1. The van der Waals surface area contributed by atoms with Gasteiger partial charge in [-0.3, -0.25) is 4.79 Å². The summed E-state index contributed by atoms with van der Waals surface area (Å²) < 4.78 is 0. The molecule has 3 rings (SSSR count). The fraction of sp³-hybridized carbons (Fsp3) is 0.438. The molecule has 1 aliphatic rings. The maximum Gasteiger partial charge on any atom is 0.252 e. The molecule has 2 N–H and O–H groups in total. The van der Waals surface area contributed by atoms with Crippen LogP contribution >= 0.6 is 0 Å². The van der Waals surface area contributed by atoms with E-state index in [0.717, 1.165) is 37.3 Å². The van der Waals surface area contributed by atoms with Crippen LogP contribution in [0.25, 0.3) is 0 Å². The number of amides is 1. The van der Waals surface area contributed by atoms with E-state index in [1.165, 1.54) is 6.20 Å². The van der Waals surface area contributed by atoms with E-state index in [1.807, 2.05) is 13.0 Å². The molecule has 0 radical (unpaired) electrons. The van der Waals surface area contributed by atoms with Gasteiger partial charge in [-0.2, -0.15) is 0 Å². The summed E-state index contributed by atoms with van der Waals surface area (Å²) in [6.45, 7) is 4.64. The van der Waals surface area contributed by atoms with Crippen LogP contribution in [0.3, 0.4) is 0 Å². The van der Waals surface area contributed by atoms with Crippen molar-refractivity contribution in [2.24, 2.45) is 5.73 Å². The Morgan fingerprint density at radius 3 is 2.78 bits per heavy atom. The van der Waals surface area contributed by atoms with Gasteiger partial charge in [0.15, 0.2) is 5.82 Å². The van der Waals surface area contributed by atoms with Gasteiger partial charge in [-0.1, -0.05) is 0 Å². The summed E-state index contributed by atoms with van der Waals surface area (Å²) in [5, 5.41) is 0. The molecule has 1 atom stereocenters. The number of carbonyl (C=O) groups excluding carboxylic acids is 1. The Labute approximate surface area is 135 Å². The first-order valence-electron chi connectivity index (χ1n) is 7.75. The van der Waals surface area contributed by atoms with Crippen LogP contribution in [0.2, 0.25) is 0 Å². The lowest BCUT2D eigenvalue weighted by atomic mass is 10.0. The number of aromatic nitrogens is 4. The van der Waals surface area contributed by atoms with Crippen LogP contribution in [-0.2, 0) is 0 Å². The van der Waals surface area contributed by atoms with Crippen LogP contribution < -0.4 is 10.6 Å². The summed E-state index contributed by atoms with van der Waals surface area (Å²) in [4.78, 5) is 31.0. The van der Waals surface area contributed by atoms with Crippen molar-refractivity contribution in [1.29, 1.82) is 0 Å². The minimum atomic E-state index is -0.499. The summed E-state index contributed by atoms with van der Waals surface area (Å²) in [6.07, 6.45) is 6.29. The fourth-order valence-corrected chi connectivity index (χ4v) is 2.96. The first-order valence-corrected chi connectivity index (χ1v) is 7.75. The molecule has 120 valence electrons. The highest BCUT2D eigenvalue weighted by molar-refractivity contribution is 5.93. The number of rotatable bonds is 3. The zero-order valence-electron chi connectivity index (χ0n) is 13.4. The number of carbonyl (C=O) groups is 1. The number of nitrogens with two attached hydrogens (primary N) is 1. The van der Waals surface area contributed by atoms with Gasteiger partial charge in [-0.25, -0.2) is 19.9 Å². The number of nitrogens with zero attached hydrogens (tertiary/aromatic N) is 5. The molecule has 0 saturated carbocycles. The first kappa shape index (κ1) is 15.3. The van der Waals surface area contributed by atoms with Gasteiger partial charge in [0.05, 0.1) is 17.3 Å². The third kappa shape index (κ3) is 3.13. The Kier molecular flexibility index (Phi) is 4.18. The molecule has 0 spiro atoms. The topological polar surface area (TPSA) is 97.9 Å². The van der Waals surface area contributed by atoms with E-state index in [1.54, 1.807) is 13.3 Å². The van der Waals surface area contributed by atoms with Crippen molar-refractivity contribution in [2.45, 2.75) is 39.2 Å². The molecule has 0 bridgehead atoms. The number of piperidine rings is 1. The normalized spacial score (nSPS) is 18.0. The van der Waals surface area contributed by atoms with Gasteiger partial charge in [0.25, 0.3) is 5.91 Å². The molecule has 1 amide bonds. The summed E-state index contributed by atoms with van der Waals surface area (Å²) in [7, 11) is 0. The highest BCUT2D eigenvalue weighted by Crippen LogP contribution is 2.32. The van der Waals surface area contributed by atoms with Crippen LogP contribution in [0.15, 0.2) is 18.6 Å². The second-order valence-corrected chi connectivity index (χ2v) is 5.81. The lowest BCUT2D eigenvalue weighted by Gasteiger charge is -2.35. The van der Waals surface area contributed by atoms with E-state index in [2.05, 4.69) is 24.8 Å². The third-order valence-corrected chi connectivity index (χ3v) is 4.15. The van der Waals surface area contributed by atoms with E-state index >= 15 is 0 Å². The molecule has 0 aliphatic carbocycles. The van der Waals surface area contributed by atoms with E-state index in [9.17, 15) is 4.79 Å². The molecule has 2 aromatic rings. The van der Waals surface area contributed by atoms with Gasteiger partial charge in [-0.15, -0.1) is 0 Å². The van der Waals surface area contributed by atoms with Crippen molar-refractivity contribution in [1.82, 2.24) is 19.9 Å². The number of hydrogen-bond donors (Lipinski definition) is 1. The minimum Gasteiger partial charge on any atom is -0.365 e. The molecule has 7 nitrogen and oxygen atoms in total. The second-order valence-electron chi connectivity index (χ2n) is 5.81. The maximum absolute atomic E-state index is 11.3. The van der Waals surface area contributed by atoms with Gasteiger partial charge >= 0.3 is 0 Å². The van der Waals surface area contributed by atoms with E-state index in [0.29, 0.717) is 17.1 Å². The molecule has 0 unspecified atom stereocenters. The predicted molar refractivity (Wildman–Crippen MR) is 86.0 cm³/mol. The SMILES string of the molecule is Cc1cc(N2CCCC[C@@H]2c2ncc(C(N)=O)c(C)n2)ncn1. The van der Waals surface area contributed by atoms with Crippen molar-refractivity contribution in [2.75, 3.05) is 11.4 Å². The molecule has 23 heavy (non-hydrogen) atoms. The standard InChI is InChI=1S/C16H20N6O/c1-10-7-14(20-9-19-10)22-6-4-3-5-13(22)16-18-8-12(15(17)23)11(2)21-16/h7-9,13H,3-6H2,1-2H3,(H2,17,23)/t13-/m1/s1. The van der Waals surface area contributed by atoms with Crippen LogP contribution in [-0.4, -0.2) is 32.4 Å². The van der Waals surface area contributed by atoms with Crippen molar-refractivity contribution in [3.63, 3.8) is 0 Å². The Balaban J connectivity index is 1.95. The van der Waals surface area contributed by atoms with Gasteiger partial charge in [0, 0.05) is 24.5 Å². The van der Waals surface area contributed by atoms with Crippen LogP contribution in [0, 0.1) is 13.8 Å². The Morgan fingerprint density at radius 2 is 2.09 bits per heavy atom. The largest absolute Gasteiger partial charge is 0.365 e. The van der Waals surface area contributed by atoms with Crippen LogP contribution in [0.1, 0.15) is 52.9 Å². The molecule has 1 saturated heterocycles. The van der Waals surface area contributed by atoms with Crippen molar-refractivity contribution in [3.05, 3.63) is 41.4 Å².